The van der Waals surface area contributed by atoms with Gasteiger partial charge in [-0.2, -0.15) is 20.1 Å². The van der Waals surface area contributed by atoms with Crippen LogP contribution in [0.2, 0.25) is 0 Å². The van der Waals surface area contributed by atoms with Gasteiger partial charge in [-0.15, -0.1) is 5.11 Å². The molecule has 0 aliphatic carbocycles. The molecule has 0 spiro atoms. The number of amides is 1. The third-order valence-corrected chi connectivity index (χ3v) is 4.73. The van der Waals surface area contributed by atoms with Crippen molar-refractivity contribution < 1.29 is 19.4 Å². The van der Waals surface area contributed by atoms with Gasteiger partial charge >= 0.3 is 6.01 Å². The molecule has 168 valence electrons. The van der Waals surface area contributed by atoms with Crippen molar-refractivity contribution in [2.24, 2.45) is 10.2 Å². The number of aromatic nitrogens is 4. The van der Waals surface area contributed by atoms with Crippen LogP contribution in [0, 0.1) is 0 Å². The van der Waals surface area contributed by atoms with E-state index in [2.05, 4.69) is 35.5 Å². The summed E-state index contributed by atoms with van der Waals surface area (Å²) in [6.07, 6.45) is 1.90. The van der Waals surface area contributed by atoms with E-state index in [1.165, 1.54) is 0 Å². The fourth-order valence-electron chi connectivity index (χ4n) is 3.16. The number of carbonyl (C=O) groups is 1. The summed E-state index contributed by atoms with van der Waals surface area (Å²) in [6.45, 7) is 2.40. The van der Waals surface area contributed by atoms with Gasteiger partial charge in [0.05, 0.1) is 26.4 Å². The van der Waals surface area contributed by atoms with Crippen LogP contribution in [0.1, 0.15) is 5.56 Å². The van der Waals surface area contributed by atoms with E-state index in [1.807, 2.05) is 35.4 Å². The molecule has 12 heteroatoms. The lowest BCUT2D eigenvalue weighted by Gasteiger charge is -2.26. The van der Waals surface area contributed by atoms with E-state index in [0.717, 1.165) is 16.5 Å². The van der Waals surface area contributed by atoms with Crippen LogP contribution in [0.15, 0.2) is 40.7 Å². The van der Waals surface area contributed by atoms with Crippen molar-refractivity contribution in [2.75, 3.05) is 51.0 Å². The molecule has 1 fully saturated rings. The van der Waals surface area contributed by atoms with E-state index in [1.54, 1.807) is 0 Å². The Hall–Kier alpha value is -3.64. The number of azo groups is 1. The number of nitrogens with one attached hydrogen (secondary N) is 2. The normalized spacial score (nSPS) is 14.2. The van der Waals surface area contributed by atoms with Crippen molar-refractivity contribution in [3.05, 3.63) is 36.0 Å². The van der Waals surface area contributed by atoms with Crippen molar-refractivity contribution in [1.82, 2.24) is 25.3 Å². The van der Waals surface area contributed by atoms with Gasteiger partial charge in [0.15, 0.2) is 6.61 Å². The Morgan fingerprint density at radius 2 is 2.09 bits per heavy atom. The monoisotopic (exact) mass is 440 g/mol. The molecule has 3 N–H and O–H groups in total. The first-order valence-corrected chi connectivity index (χ1v) is 10.2. The molecule has 0 bridgehead atoms. The number of benzene rings is 1. The van der Waals surface area contributed by atoms with Gasteiger partial charge in [-0.05, 0) is 6.07 Å². The molecular weight excluding hydrogens is 416 g/mol. The number of rotatable bonds is 9. The van der Waals surface area contributed by atoms with Crippen LogP contribution in [-0.2, 0) is 16.1 Å². The van der Waals surface area contributed by atoms with Crippen molar-refractivity contribution >= 4 is 28.7 Å². The number of morpholine rings is 1. The third kappa shape index (κ3) is 5.53. The Kier molecular flexibility index (Phi) is 7.15. The molecule has 0 unspecified atom stereocenters. The molecule has 1 amide bonds. The van der Waals surface area contributed by atoms with Crippen molar-refractivity contribution in [3.8, 4) is 6.01 Å². The minimum absolute atomic E-state index is 0.0262. The van der Waals surface area contributed by atoms with E-state index >= 15 is 0 Å². The first-order chi connectivity index (χ1) is 15.7. The van der Waals surface area contributed by atoms with Gasteiger partial charge in [0.1, 0.15) is 0 Å². The Bertz CT molecular complexity index is 1080. The van der Waals surface area contributed by atoms with Gasteiger partial charge < -0.3 is 29.8 Å². The highest BCUT2D eigenvalue weighted by molar-refractivity contribution is 5.83. The maximum absolute atomic E-state index is 11.8. The summed E-state index contributed by atoms with van der Waals surface area (Å²) in [4.78, 5) is 29.7. The first-order valence-electron chi connectivity index (χ1n) is 10.2. The van der Waals surface area contributed by atoms with Crippen molar-refractivity contribution in [3.63, 3.8) is 0 Å². The largest absolute Gasteiger partial charge is 0.453 e. The summed E-state index contributed by atoms with van der Waals surface area (Å²) in [5.41, 5.74) is 2.03. The lowest BCUT2D eigenvalue weighted by Crippen LogP contribution is -2.37. The highest BCUT2D eigenvalue weighted by Gasteiger charge is 2.17. The van der Waals surface area contributed by atoms with Gasteiger partial charge in [0, 0.05) is 42.3 Å². The van der Waals surface area contributed by atoms with Crippen LogP contribution < -0.4 is 15.0 Å². The number of H-pyrrole nitrogens is 1. The predicted molar refractivity (Wildman–Crippen MR) is 115 cm³/mol. The fraction of sp³-hybridized carbons (Fsp3) is 0.400. The van der Waals surface area contributed by atoms with Crippen LogP contribution in [0.25, 0.3) is 10.9 Å². The van der Waals surface area contributed by atoms with Crippen molar-refractivity contribution in [2.45, 2.75) is 6.54 Å². The Balaban J connectivity index is 1.50. The van der Waals surface area contributed by atoms with Gasteiger partial charge in [-0.3, -0.25) is 4.79 Å². The Morgan fingerprint density at radius 3 is 2.94 bits per heavy atom. The molecule has 32 heavy (non-hydrogen) atoms. The second kappa shape index (κ2) is 10.6. The van der Waals surface area contributed by atoms with Crippen LogP contribution in [-0.4, -0.2) is 77.0 Å². The number of fused-ring (bicyclic) bond motifs is 1. The quantitative estimate of drug-likeness (QED) is 0.416. The molecule has 12 nitrogen and oxygen atoms in total. The summed E-state index contributed by atoms with van der Waals surface area (Å²) in [7, 11) is 0. The molecular formula is C20H24N8O4. The number of para-hydroxylation sites is 1. The average Bonchev–Trinajstić information content (AvgIpc) is 3.25. The number of aliphatic hydroxyl groups excluding tert-OH is 1. The zero-order valence-corrected chi connectivity index (χ0v) is 17.4. The number of anilines is 1. The van der Waals surface area contributed by atoms with Crippen LogP contribution in [0.4, 0.5) is 11.9 Å². The number of carbonyl (C=O) groups excluding carboxylic acids is 1. The third-order valence-electron chi connectivity index (χ3n) is 4.73. The maximum atomic E-state index is 11.8. The zero-order valence-electron chi connectivity index (χ0n) is 17.4. The molecule has 1 aliphatic rings. The number of nitrogens with zero attached hydrogens (tertiary/aromatic N) is 6. The summed E-state index contributed by atoms with van der Waals surface area (Å²) in [5, 5.41) is 20.8. The molecule has 1 aromatic carbocycles. The van der Waals surface area contributed by atoms with Gasteiger partial charge in [-0.25, -0.2) is 0 Å². The fourth-order valence-corrected chi connectivity index (χ4v) is 3.16. The van der Waals surface area contributed by atoms with E-state index in [4.69, 9.17) is 14.6 Å². The number of aliphatic hydroxyl groups is 1. The smallest absolute Gasteiger partial charge is 0.323 e. The lowest BCUT2D eigenvalue weighted by molar-refractivity contribution is -0.123. The average molecular weight is 440 g/mol. The lowest BCUT2D eigenvalue weighted by atomic mass is 10.2. The molecule has 0 atom stereocenters. The second-order valence-electron chi connectivity index (χ2n) is 6.94. The molecule has 1 aliphatic heterocycles. The summed E-state index contributed by atoms with van der Waals surface area (Å²) in [5.74, 6) is 0.0807. The summed E-state index contributed by atoms with van der Waals surface area (Å²) in [6, 6.07) is 7.92. The second-order valence-corrected chi connectivity index (χ2v) is 6.94. The van der Waals surface area contributed by atoms with E-state index in [0.29, 0.717) is 38.8 Å². The first kappa shape index (κ1) is 21.6. The molecule has 3 aromatic rings. The minimum Gasteiger partial charge on any atom is -0.453 e. The van der Waals surface area contributed by atoms with Crippen molar-refractivity contribution in [1.29, 1.82) is 0 Å². The molecule has 0 saturated carbocycles. The zero-order chi connectivity index (χ0) is 22.2. The standard InChI is InChI=1S/C20H24N8O4/c29-8-5-21-17(30)13-32-20-25-18(24-19(26-20)28-6-9-31-10-7-28)27-23-12-14-11-22-16-4-2-1-3-15(14)16/h1-4,11,22,29H,5-10,12-13H2,(H,21,30). The van der Waals surface area contributed by atoms with Crippen LogP contribution in [0.3, 0.4) is 0 Å². The van der Waals surface area contributed by atoms with Gasteiger partial charge in [0.25, 0.3) is 11.9 Å². The topological polar surface area (TPSA) is 150 Å². The number of hydrogen-bond donors (Lipinski definition) is 3. The van der Waals surface area contributed by atoms with Gasteiger partial charge in [0.2, 0.25) is 5.95 Å². The van der Waals surface area contributed by atoms with Crippen LogP contribution >= 0.6 is 0 Å². The molecule has 0 radical (unpaired) electrons. The predicted octanol–water partition coefficient (Wildman–Crippen LogP) is 0.961. The number of hydrogen-bond acceptors (Lipinski definition) is 10. The Morgan fingerprint density at radius 1 is 1.25 bits per heavy atom. The summed E-state index contributed by atoms with van der Waals surface area (Å²) >= 11 is 0. The SMILES string of the molecule is O=C(COc1nc(N=NCc2c[nH]c3ccccc23)nc(N2CCOCC2)n1)NCCO. The molecule has 4 rings (SSSR count). The van der Waals surface area contributed by atoms with E-state index < -0.39 is 5.91 Å². The van der Waals surface area contributed by atoms with Crippen LogP contribution in [0.5, 0.6) is 6.01 Å². The highest BCUT2D eigenvalue weighted by atomic mass is 16.5. The maximum Gasteiger partial charge on any atom is 0.323 e. The van der Waals surface area contributed by atoms with E-state index in [9.17, 15) is 4.79 Å². The number of aromatic amines is 1. The Labute approximate surface area is 183 Å². The number of ether oxygens (including phenoxy) is 2. The molecule has 2 aromatic heterocycles. The molecule has 3 heterocycles. The minimum atomic E-state index is -0.394. The van der Waals surface area contributed by atoms with Gasteiger partial charge in [-0.1, -0.05) is 18.2 Å². The summed E-state index contributed by atoms with van der Waals surface area (Å²) < 4.78 is 10.8. The van der Waals surface area contributed by atoms with E-state index in [-0.39, 0.29) is 31.7 Å². The molecule has 1 saturated heterocycles. The highest BCUT2D eigenvalue weighted by Crippen LogP contribution is 2.21.